The number of carbonyl (C=O) groups excluding carboxylic acids is 2. The first-order chi connectivity index (χ1) is 11.3. The Morgan fingerprint density at radius 1 is 0.920 bits per heavy atom. The van der Waals surface area contributed by atoms with Crippen molar-refractivity contribution in [3.05, 3.63) is 0 Å². The van der Waals surface area contributed by atoms with E-state index in [0.29, 0.717) is 6.42 Å². The first kappa shape index (κ1) is 18.6. The van der Waals surface area contributed by atoms with Gasteiger partial charge in [-0.05, 0) is 20.3 Å². The molecule has 0 aromatic rings. The van der Waals surface area contributed by atoms with E-state index < -0.39 is 46.4 Å². The van der Waals surface area contributed by atoms with Crippen LogP contribution >= 0.6 is 0 Å². The molecule has 142 valence electrons. The van der Waals surface area contributed by atoms with E-state index in [9.17, 15) is 24.9 Å². The van der Waals surface area contributed by atoms with Gasteiger partial charge in [0.25, 0.3) is 0 Å². The second kappa shape index (κ2) is 5.41. The summed E-state index contributed by atoms with van der Waals surface area (Å²) >= 11 is 0. The second-order valence-corrected chi connectivity index (χ2v) is 9.20. The van der Waals surface area contributed by atoms with Crippen molar-refractivity contribution in [2.24, 2.45) is 5.41 Å². The molecule has 4 fully saturated rings. The lowest BCUT2D eigenvalue weighted by Crippen LogP contribution is -2.72. The first-order valence-corrected chi connectivity index (χ1v) is 8.89. The molecule has 0 aromatic carbocycles. The molecule has 0 aromatic heterocycles. The van der Waals surface area contributed by atoms with Crippen molar-refractivity contribution in [1.82, 2.24) is 0 Å². The molecule has 0 spiro atoms. The van der Waals surface area contributed by atoms with Gasteiger partial charge < -0.3 is 24.8 Å². The third-order valence-electron chi connectivity index (χ3n) is 6.02. The Kier molecular flexibility index (Phi) is 4.03. The van der Waals surface area contributed by atoms with Crippen LogP contribution in [0, 0.1) is 5.41 Å². The third-order valence-corrected chi connectivity index (χ3v) is 6.02. The van der Waals surface area contributed by atoms with E-state index in [-0.39, 0.29) is 38.5 Å². The van der Waals surface area contributed by atoms with E-state index in [2.05, 4.69) is 0 Å². The van der Waals surface area contributed by atoms with Gasteiger partial charge in [0.15, 0.2) is 6.61 Å². The molecule has 0 radical (unpaired) electrons. The average Bonchev–Trinajstić information content (AvgIpc) is 2.38. The Morgan fingerprint density at radius 3 is 1.76 bits per heavy atom. The zero-order valence-corrected chi connectivity index (χ0v) is 15.1. The number of hydrogen-bond acceptors (Lipinski definition) is 7. The maximum Gasteiger partial charge on any atom is 0.344 e. The number of ether oxygens (including phenoxy) is 2. The van der Waals surface area contributed by atoms with E-state index in [0.717, 1.165) is 0 Å². The average molecular weight is 356 g/mol. The van der Waals surface area contributed by atoms with Crippen LogP contribution in [0.2, 0.25) is 0 Å². The molecule has 0 atom stereocenters. The predicted molar refractivity (Wildman–Crippen MR) is 86.4 cm³/mol. The van der Waals surface area contributed by atoms with Crippen molar-refractivity contribution in [1.29, 1.82) is 0 Å². The Balaban J connectivity index is 1.66. The van der Waals surface area contributed by atoms with Crippen LogP contribution in [0.25, 0.3) is 0 Å². The zero-order valence-electron chi connectivity index (χ0n) is 15.1. The smallest absolute Gasteiger partial charge is 0.344 e. The van der Waals surface area contributed by atoms with Crippen molar-refractivity contribution >= 4 is 11.9 Å². The first-order valence-electron chi connectivity index (χ1n) is 8.89. The van der Waals surface area contributed by atoms with Gasteiger partial charge in [0.2, 0.25) is 0 Å². The van der Waals surface area contributed by atoms with Crippen molar-refractivity contribution in [3.8, 4) is 0 Å². The van der Waals surface area contributed by atoms with Gasteiger partial charge >= 0.3 is 11.9 Å². The number of rotatable bonds is 5. The van der Waals surface area contributed by atoms with Crippen LogP contribution in [0.15, 0.2) is 0 Å². The van der Waals surface area contributed by atoms with Crippen LogP contribution in [0.1, 0.15) is 65.7 Å². The van der Waals surface area contributed by atoms with Crippen molar-refractivity contribution < 1.29 is 34.4 Å². The number of esters is 2. The van der Waals surface area contributed by atoms with Crippen LogP contribution in [0.4, 0.5) is 0 Å². The minimum absolute atomic E-state index is 0.182. The van der Waals surface area contributed by atoms with Gasteiger partial charge in [0.1, 0.15) is 5.60 Å². The normalized spacial score (nSPS) is 42.3. The summed E-state index contributed by atoms with van der Waals surface area (Å²) in [6.45, 7) is 4.82. The summed E-state index contributed by atoms with van der Waals surface area (Å²) in [5.41, 5.74) is -5.50. The lowest BCUT2D eigenvalue weighted by Gasteiger charge is -2.64. The molecule has 4 aliphatic carbocycles. The highest BCUT2D eigenvalue weighted by atomic mass is 16.6. The monoisotopic (exact) mass is 356 g/mol. The standard InChI is InChI=1S/C18H28O7/c1-4-14(2,3)13(20)24-5-12(19)25-18-9-15(21)6-16(22,10-18)8-17(23,7-15)11-18/h21-23H,4-11H2,1-3H3. The molecular weight excluding hydrogens is 328 g/mol. The lowest BCUT2D eigenvalue weighted by molar-refractivity contribution is -0.301. The Bertz CT molecular complexity index is 543. The minimum Gasteiger partial charge on any atom is -0.456 e. The van der Waals surface area contributed by atoms with E-state index in [4.69, 9.17) is 9.47 Å². The lowest BCUT2D eigenvalue weighted by atomic mass is 9.48. The Morgan fingerprint density at radius 2 is 1.36 bits per heavy atom. The fraction of sp³-hybridized carbons (Fsp3) is 0.889. The molecule has 7 nitrogen and oxygen atoms in total. The van der Waals surface area contributed by atoms with Gasteiger partial charge in [-0.25, -0.2) is 4.79 Å². The fourth-order valence-corrected chi connectivity index (χ4v) is 5.23. The Labute approximate surface area is 147 Å². The van der Waals surface area contributed by atoms with Gasteiger partial charge in [0.05, 0.1) is 22.2 Å². The van der Waals surface area contributed by atoms with Crippen LogP contribution < -0.4 is 0 Å². The molecular formula is C18H28O7. The van der Waals surface area contributed by atoms with Crippen molar-refractivity contribution in [2.75, 3.05) is 6.61 Å². The number of hydrogen-bond donors (Lipinski definition) is 3. The van der Waals surface area contributed by atoms with E-state index in [1.54, 1.807) is 13.8 Å². The molecule has 0 amide bonds. The fourth-order valence-electron chi connectivity index (χ4n) is 5.23. The zero-order chi connectivity index (χ0) is 18.7. The summed E-state index contributed by atoms with van der Waals surface area (Å²) in [6.07, 6.45) is 1.68. The molecule has 0 saturated heterocycles. The second-order valence-electron chi connectivity index (χ2n) is 9.20. The molecule has 0 heterocycles. The van der Waals surface area contributed by atoms with Crippen molar-refractivity contribution in [3.63, 3.8) is 0 Å². The SMILES string of the molecule is CCC(C)(C)C(=O)OCC(=O)OC12CC3(O)CC(O)(CC(O)(C3)C1)C2. The maximum absolute atomic E-state index is 12.2. The number of aliphatic hydroxyl groups is 3. The number of carbonyl (C=O) groups is 2. The van der Waals surface area contributed by atoms with Gasteiger partial charge in [-0.2, -0.15) is 0 Å². The maximum atomic E-state index is 12.2. The summed E-state index contributed by atoms with van der Waals surface area (Å²) < 4.78 is 10.6. The molecule has 0 unspecified atom stereocenters. The highest BCUT2D eigenvalue weighted by Crippen LogP contribution is 2.62. The van der Waals surface area contributed by atoms with Gasteiger partial charge in [-0.15, -0.1) is 0 Å². The van der Waals surface area contributed by atoms with E-state index >= 15 is 0 Å². The molecule has 4 aliphatic rings. The van der Waals surface area contributed by atoms with Crippen LogP contribution in [0.3, 0.4) is 0 Å². The van der Waals surface area contributed by atoms with Crippen LogP contribution in [-0.4, -0.2) is 56.3 Å². The van der Waals surface area contributed by atoms with E-state index in [1.165, 1.54) is 0 Å². The van der Waals surface area contributed by atoms with Crippen molar-refractivity contribution in [2.45, 2.75) is 88.1 Å². The largest absolute Gasteiger partial charge is 0.456 e. The summed E-state index contributed by atoms with van der Waals surface area (Å²) in [6, 6.07) is 0. The quantitative estimate of drug-likeness (QED) is 0.625. The molecule has 7 heteroatoms. The summed E-state index contributed by atoms with van der Waals surface area (Å²) in [5, 5.41) is 32.0. The Hall–Kier alpha value is -1.18. The van der Waals surface area contributed by atoms with Crippen LogP contribution in [-0.2, 0) is 19.1 Å². The summed E-state index contributed by atoms with van der Waals surface area (Å²) in [7, 11) is 0. The molecule has 3 N–H and O–H groups in total. The van der Waals surface area contributed by atoms with Gasteiger partial charge in [0, 0.05) is 38.5 Å². The summed E-state index contributed by atoms with van der Waals surface area (Å²) in [5.74, 6) is -1.20. The summed E-state index contributed by atoms with van der Waals surface area (Å²) in [4.78, 5) is 24.2. The molecule has 4 saturated carbocycles. The van der Waals surface area contributed by atoms with Gasteiger partial charge in [-0.3, -0.25) is 4.79 Å². The predicted octanol–water partition coefficient (Wildman–Crippen LogP) is 0.822. The highest BCUT2D eigenvalue weighted by molar-refractivity contribution is 5.80. The molecule has 4 rings (SSSR count). The van der Waals surface area contributed by atoms with Crippen LogP contribution in [0.5, 0.6) is 0 Å². The molecule has 0 aliphatic heterocycles. The van der Waals surface area contributed by atoms with E-state index in [1.807, 2.05) is 6.92 Å². The topological polar surface area (TPSA) is 113 Å². The third kappa shape index (κ3) is 3.41. The van der Waals surface area contributed by atoms with Gasteiger partial charge in [-0.1, -0.05) is 6.92 Å². The highest BCUT2D eigenvalue weighted by Gasteiger charge is 2.69. The minimum atomic E-state index is -1.24. The molecule has 4 bridgehead atoms. The molecule has 25 heavy (non-hydrogen) atoms.